The summed E-state index contributed by atoms with van der Waals surface area (Å²) in [5, 5.41) is 5.71. The van der Waals surface area contributed by atoms with Crippen LogP contribution in [0, 0.1) is 5.82 Å². The van der Waals surface area contributed by atoms with Crippen LogP contribution in [0.3, 0.4) is 0 Å². The quantitative estimate of drug-likeness (QED) is 0.510. The van der Waals surface area contributed by atoms with Crippen LogP contribution in [0.1, 0.15) is 6.92 Å². The SMILES string of the molecule is CC(C(=O)Nc1cccc(F)c1)N1CCN(CC(=O)Nc2ccccc2Oc2ccccc2)CC1. The molecule has 3 aromatic carbocycles. The Hall–Kier alpha value is -3.75. The van der Waals surface area contributed by atoms with E-state index >= 15 is 0 Å². The molecule has 0 aliphatic carbocycles. The Bertz CT molecular complexity index is 1150. The van der Waals surface area contributed by atoms with Crippen LogP contribution in [-0.4, -0.2) is 60.4 Å². The van der Waals surface area contributed by atoms with Crippen molar-refractivity contribution in [2.45, 2.75) is 13.0 Å². The zero-order chi connectivity index (χ0) is 24.6. The number of carbonyl (C=O) groups excluding carboxylic acids is 2. The van der Waals surface area contributed by atoms with E-state index in [0.29, 0.717) is 49.1 Å². The third kappa shape index (κ3) is 6.88. The number of piperazine rings is 1. The fourth-order valence-electron chi connectivity index (χ4n) is 3.95. The van der Waals surface area contributed by atoms with Gasteiger partial charge in [0.2, 0.25) is 11.8 Å². The normalized spacial score (nSPS) is 15.3. The van der Waals surface area contributed by atoms with Gasteiger partial charge in [0.1, 0.15) is 11.6 Å². The van der Waals surface area contributed by atoms with E-state index in [4.69, 9.17) is 4.74 Å². The molecule has 7 nitrogen and oxygen atoms in total. The van der Waals surface area contributed by atoms with Crippen LogP contribution in [0.5, 0.6) is 11.5 Å². The van der Waals surface area contributed by atoms with Crippen molar-refractivity contribution in [2.75, 3.05) is 43.4 Å². The van der Waals surface area contributed by atoms with E-state index < -0.39 is 5.82 Å². The molecule has 0 saturated carbocycles. The highest BCUT2D eigenvalue weighted by atomic mass is 19.1. The number of nitrogens with zero attached hydrogens (tertiary/aromatic N) is 2. The molecular formula is C27H29FN4O3. The van der Waals surface area contributed by atoms with Crippen LogP contribution in [0.4, 0.5) is 15.8 Å². The average molecular weight is 477 g/mol. The van der Waals surface area contributed by atoms with Gasteiger partial charge in [-0.3, -0.25) is 19.4 Å². The molecule has 1 aliphatic rings. The molecule has 0 aromatic heterocycles. The fourth-order valence-corrected chi connectivity index (χ4v) is 3.95. The Morgan fingerprint density at radius 2 is 1.63 bits per heavy atom. The van der Waals surface area contributed by atoms with Crippen LogP contribution in [0.15, 0.2) is 78.9 Å². The molecule has 0 spiro atoms. The molecule has 0 bridgehead atoms. The van der Waals surface area contributed by atoms with E-state index in [0.717, 1.165) is 0 Å². The monoisotopic (exact) mass is 476 g/mol. The second kappa shape index (κ2) is 11.6. The van der Waals surface area contributed by atoms with Gasteiger partial charge in [0.25, 0.3) is 0 Å². The van der Waals surface area contributed by atoms with Gasteiger partial charge < -0.3 is 15.4 Å². The van der Waals surface area contributed by atoms with E-state index in [1.165, 1.54) is 12.1 Å². The van der Waals surface area contributed by atoms with E-state index in [2.05, 4.69) is 20.4 Å². The van der Waals surface area contributed by atoms with Crippen molar-refractivity contribution in [3.05, 3.63) is 84.7 Å². The summed E-state index contributed by atoms with van der Waals surface area (Å²) in [6.45, 7) is 4.70. The number of ether oxygens (including phenoxy) is 1. The highest BCUT2D eigenvalue weighted by Crippen LogP contribution is 2.29. The van der Waals surface area contributed by atoms with Crippen LogP contribution in [0.2, 0.25) is 0 Å². The largest absolute Gasteiger partial charge is 0.455 e. The van der Waals surface area contributed by atoms with Crippen molar-refractivity contribution in [1.82, 2.24) is 9.80 Å². The second-order valence-electron chi connectivity index (χ2n) is 8.45. The molecule has 2 N–H and O–H groups in total. The van der Waals surface area contributed by atoms with Gasteiger partial charge in [-0.15, -0.1) is 0 Å². The molecule has 1 unspecified atom stereocenters. The molecule has 1 fully saturated rings. The number of halogens is 1. The number of nitrogens with one attached hydrogen (secondary N) is 2. The summed E-state index contributed by atoms with van der Waals surface area (Å²) < 4.78 is 19.3. The third-order valence-corrected chi connectivity index (χ3v) is 5.93. The van der Waals surface area contributed by atoms with E-state index in [1.807, 2.05) is 61.5 Å². The minimum atomic E-state index is -0.392. The Labute approximate surface area is 204 Å². The number of para-hydroxylation sites is 3. The highest BCUT2D eigenvalue weighted by molar-refractivity contribution is 5.95. The van der Waals surface area contributed by atoms with Gasteiger partial charge in [0.15, 0.2) is 5.75 Å². The lowest BCUT2D eigenvalue weighted by Crippen LogP contribution is -2.53. The number of hydrogen-bond acceptors (Lipinski definition) is 5. The number of carbonyl (C=O) groups is 2. The summed E-state index contributed by atoms with van der Waals surface area (Å²) in [5.41, 5.74) is 1.05. The summed E-state index contributed by atoms with van der Waals surface area (Å²) in [6.07, 6.45) is 0. The maximum atomic E-state index is 13.4. The highest BCUT2D eigenvalue weighted by Gasteiger charge is 2.26. The predicted molar refractivity (Wildman–Crippen MR) is 134 cm³/mol. The summed E-state index contributed by atoms with van der Waals surface area (Å²) >= 11 is 0. The predicted octanol–water partition coefficient (Wildman–Crippen LogP) is 4.20. The number of benzene rings is 3. The summed E-state index contributed by atoms with van der Waals surface area (Å²) in [5.74, 6) is 0.573. The van der Waals surface area contributed by atoms with Gasteiger partial charge in [-0.25, -0.2) is 4.39 Å². The molecule has 1 atom stereocenters. The maximum Gasteiger partial charge on any atom is 0.241 e. The van der Waals surface area contributed by atoms with Gasteiger partial charge >= 0.3 is 0 Å². The Morgan fingerprint density at radius 1 is 0.914 bits per heavy atom. The van der Waals surface area contributed by atoms with Gasteiger partial charge in [-0.05, 0) is 49.4 Å². The maximum absolute atomic E-state index is 13.4. The molecule has 0 radical (unpaired) electrons. The van der Waals surface area contributed by atoms with Gasteiger partial charge in [-0.2, -0.15) is 0 Å². The lowest BCUT2D eigenvalue weighted by Gasteiger charge is -2.37. The topological polar surface area (TPSA) is 73.9 Å². The van der Waals surface area contributed by atoms with Crippen molar-refractivity contribution < 1.29 is 18.7 Å². The number of hydrogen-bond donors (Lipinski definition) is 2. The number of anilines is 2. The fraction of sp³-hybridized carbons (Fsp3) is 0.259. The molecular weight excluding hydrogens is 447 g/mol. The summed E-state index contributed by atoms with van der Waals surface area (Å²) in [4.78, 5) is 29.4. The van der Waals surface area contributed by atoms with Crippen LogP contribution >= 0.6 is 0 Å². The third-order valence-electron chi connectivity index (χ3n) is 5.93. The molecule has 182 valence electrons. The molecule has 4 rings (SSSR count). The van der Waals surface area contributed by atoms with E-state index in [1.54, 1.807) is 12.1 Å². The molecule has 1 aliphatic heterocycles. The van der Waals surface area contributed by atoms with Crippen molar-refractivity contribution >= 4 is 23.2 Å². The van der Waals surface area contributed by atoms with Crippen molar-refractivity contribution in [2.24, 2.45) is 0 Å². The molecule has 1 saturated heterocycles. The number of amides is 2. The Morgan fingerprint density at radius 3 is 2.37 bits per heavy atom. The van der Waals surface area contributed by atoms with Gasteiger partial charge in [0.05, 0.1) is 18.3 Å². The minimum absolute atomic E-state index is 0.126. The van der Waals surface area contributed by atoms with Crippen molar-refractivity contribution in [3.63, 3.8) is 0 Å². The zero-order valence-electron chi connectivity index (χ0n) is 19.6. The Kier molecular flexibility index (Phi) is 8.07. The first-order valence-corrected chi connectivity index (χ1v) is 11.6. The summed E-state index contributed by atoms with van der Waals surface area (Å²) in [7, 11) is 0. The van der Waals surface area contributed by atoms with E-state index in [9.17, 15) is 14.0 Å². The molecule has 3 aromatic rings. The van der Waals surface area contributed by atoms with Crippen LogP contribution in [-0.2, 0) is 9.59 Å². The zero-order valence-corrected chi connectivity index (χ0v) is 19.6. The van der Waals surface area contributed by atoms with Crippen molar-refractivity contribution in [1.29, 1.82) is 0 Å². The minimum Gasteiger partial charge on any atom is -0.455 e. The second-order valence-corrected chi connectivity index (χ2v) is 8.45. The molecule has 35 heavy (non-hydrogen) atoms. The first-order valence-electron chi connectivity index (χ1n) is 11.6. The summed E-state index contributed by atoms with van der Waals surface area (Å²) in [6, 6.07) is 22.2. The van der Waals surface area contributed by atoms with Gasteiger partial charge in [0, 0.05) is 31.9 Å². The van der Waals surface area contributed by atoms with Crippen molar-refractivity contribution in [3.8, 4) is 11.5 Å². The first-order chi connectivity index (χ1) is 17.0. The molecule has 1 heterocycles. The average Bonchev–Trinajstić information content (AvgIpc) is 2.86. The lowest BCUT2D eigenvalue weighted by molar-refractivity contribution is -0.122. The first kappa shape index (κ1) is 24.4. The number of rotatable bonds is 8. The lowest BCUT2D eigenvalue weighted by atomic mass is 10.2. The van der Waals surface area contributed by atoms with E-state index in [-0.39, 0.29) is 24.4 Å². The molecule has 2 amide bonds. The smallest absolute Gasteiger partial charge is 0.241 e. The standard InChI is InChI=1S/C27H29FN4O3/c1-20(27(34)29-22-9-7-8-21(28)18-22)32-16-14-31(15-17-32)19-26(33)30-24-12-5-6-13-25(24)35-23-10-3-2-4-11-23/h2-13,18,20H,14-17,19H2,1H3,(H,29,34)(H,30,33). The van der Waals surface area contributed by atoms with Crippen LogP contribution in [0.25, 0.3) is 0 Å². The van der Waals surface area contributed by atoms with Crippen LogP contribution < -0.4 is 15.4 Å². The van der Waals surface area contributed by atoms with Gasteiger partial charge in [-0.1, -0.05) is 36.4 Å². The molecule has 8 heteroatoms. The Balaban J connectivity index is 1.25.